The summed E-state index contributed by atoms with van der Waals surface area (Å²) in [5.41, 5.74) is 2.90. The fourth-order valence-electron chi connectivity index (χ4n) is 4.99. The van der Waals surface area contributed by atoms with Crippen LogP contribution in [-0.2, 0) is 9.59 Å². The molecule has 2 aromatic rings. The molecule has 6 heteroatoms. The van der Waals surface area contributed by atoms with Gasteiger partial charge >= 0.3 is 0 Å². The first-order chi connectivity index (χ1) is 14.1. The molecule has 0 aliphatic carbocycles. The zero-order valence-electron chi connectivity index (χ0n) is 16.7. The van der Waals surface area contributed by atoms with Gasteiger partial charge in [0.15, 0.2) is 0 Å². The standard InChI is InChI=1S/C23H25N3O3/c1-3-29-18-11-9-17(10-12-18)26-22(27)19-20(16-7-5-15(2)6-8-16)24-13-4-14-25(24)21(19)23(26)28/h5-12,19-21H,3-4,13-14H2,1-2H3/t19-,20+,21-/m0/s1. The second kappa shape index (κ2) is 6.97. The first-order valence-electron chi connectivity index (χ1n) is 10.3. The highest BCUT2D eigenvalue weighted by molar-refractivity contribution is 6.24. The Hall–Kier alpha value is -2.70. The first-order valence-corrected chi connectivity index (χ1v) is 10.3. The summed E-state index contributed by atoms with van der Waals surface area (Å²) in [6.45, 7) is 6.26. The summed E-state index contributed by atoms with van der Waals surface area (Å²) in [5, 5.41) is 4.37. The summed E-state index contributed by atoms with van der Waals surface area (Å²) in [5.74, 6) is 0.130. The number of anilines is 1. The lowest BCUT2D eigenvalue weighted by atomic mass is 9.89. The number of rotatable bonds is 4. The van der Waals surface area contributed by atoms with Gasteiger partial charge in [-0.15, -0.1) is 0 Å². The van der Waals surface area contributed by atoms with Gasteiger partial charge in [0.2, 0.25) is 5.91 Å². The molecule has 0 radical (unpaired) electrons. The van der Waals surface area contributed by atoms with Crippen molar-refractivity contribution in [3.05, 3.63) is 59.7 Å². The van der Waals surface area contributed by atoms with Gasteiger partial charge in [0.1, 0.15) is 11.8 Å². The molecule has 0 N–H and O–H groups in total. The van der Waals surface area contributed by atoms with Crippen molar-refractivity contribution >= 4 is 17.5 Å². The largest absolute Gasteiger partial charge is 0.494 e. The number of hydrazine groups is 1. The van der Waals surface area contributed by atoms with Crippen LogP contribution >= 0.6 is 0 Å². The van der Waals surface area contributed by atoms with Gasteiger partial charge in [-0.2, -0.15) is 0 Å². The van der Waals surface area contributed by atoms with E-state index in [0.717, 1.165) is 30.8 Å². The van der Waals surface area contributed by atoms with Gasteiger partial charge in [-0.05, 0) is 50.1 Å². The van der Waals surface area contributed by atoms with E-state index < -0.39 is 6.04 Å². The molecule has 3 saturated heterocycles. The Morgan fingerprint density at radius 2 is 1.55 bits per heavy atom. The molecule has 0 spiro atoms. The van der Waals surface area contributed by atoms with Gasteiger partial charge < -0.3 is 4.74 Å². The number of carbonyl (C=O) groups excluding carboxylic acids is 2. The van der Waals surface area contributed by atoms with E-state index >= 15 is 0 Å². The number of nitrogens with zero attached hydrogens (tertiary/aromatic N) is 3. The molecule has 0 bridgehead atoms. The lowest BCUT2D eigenvalue weighted by Gasteiger charge is -2.29. The van der Waals surface area contributed by atoms with E-state index in [9.17, 15) is 9.59 Å². The van der Waals surface area contributed by atoms with Crippen LogP contribution in [0, 0.1) is 12.8 Å². The maximum atomic E-state index is 13.5. The molecule has 3 aliphatic heterocycles. The Labute approximate surface area is 170 Å². The summed E-state index contributed by atoms with van der Waals surface area (Å²) >= 11 is 0. The molecule has 150 valence electrons. The molecule has 29 heavy (non-hydrogen) atoms. The number of aryl methyl sites for hydroxylation is 1. The predicted molar refractivity (Wildman–Crippen MR) is 109 cm³/mol. The summed E-state index contributed by atoms with van der Waals surface area (Å²) < 4.78 is 5.49. The van der Waals surface area contributed by atoms with E-state index in [-0.39, 0.29) is 23.8 Å². The Morgan fingerprint density at radius 3 is 2.21 bits per heavy atom. The van der Waals surface area contributed by atoms with Crippen molar-refractivity contribution in [1.29, 1.82) is 0 Å². The molecule has 0 unspecified atom stereocenters. The normalized spacial score (nSPS) is 26.8. The van der Waals surface area contributed by atoms with Crippen LogP contribution in [0.2, 0.25) is 0 Å². The van der Waals surface area contributed by atoms with Gasteiger partial charge in [0.25, 0.3) is 5.91 Å². The topological polar surface area (TPSA) is 53.1 Å². The molecule has 0 aromatic heterocycles. The molecule has 3 atom stereocenters. The second-order valence-corrected chi connectivity index (χ2v) is 7.94. The molecule has 5 rings (SSSR count). The Morgan fingerprint density at radius 1 is 0.897 bits per heavy atom. The maximum absolute atomic E-state index is 13.5. The van der Waals surface area contributed by atoms with Gasteiger partial charge in [0, 0.05) is 13.1 Å². The SMILES string of the molecule is CCOc1ccc(N2C(=O)[C@@H]3[C@@H](C2=O)N2CCCN2[C@@H]3c2ccc(C)cc2)cc1. The Balaban J connectivity index is 1.51. The highest BCUT2D eigenvalue weighted by atomic mass is 16.5. The highest BCUT2D eigenvalue weighted by Gasteiger charge is 2.62. The van der Waals surface area contributed by atoms with Gasteiger partial charge in [0.05, 0.1) is 24.3 Å². The first kappa shape index (κ1) is 18.3. The molecular weight excluding hydrogens is 366 g/mol. The van der Waals surface area contributed by atoms with Crippen molar-refractivity contribution in [2.45, 2.75) is 32.4 Å². The number of ether oxygens (including phenoxy) is 1. The molecule has 0 saturated carbocycles. The third kappa shape index (κ3) is 2.78. The molecule has 2 aromatic carbocycles. The van der Waals surface area contributed by atoms with E-state index in [1.54, 1.807) is 12.1 Å². The van der Waals surface area contributed by atoms with Gasteiger partial charge in [-0.1, -0.05) is 29.8 Å². The van der Waals surface area contributed by atoms with Crippen LogP contribution in [-0.4, -0.2) is 47.6 Å². The third-order valence-corrected chi connectivity index (χ3v) is 6.23. The van der Waals surface area contributed by atoms with E-state index in [1.165, 1.54) is 10.5 Å². The molecule has 3 aliphatic rings. The van der Waals surface area contributed by atoms with E-state index in [4.69, 9.17) is 4.74 Å². The highest BCUT2D eigenvalue weighted by Crippen LogP contribution is 2.48. The molecule has 2 amide bonds. The van der Waals surface area contributed by atoms with Crippen LogP contribution in [0.1, 0.15) is 30.5 Å². The fourth-order valence-corrected chi connectivity index (χ4v) is 4.99. The summed E-state index contributed by atoms with van der Waals surface area (Å²) in [6, 6.07) is 15.1. The average Bonchev–Trinajstić information content (AvgIpc) is 3.36. The number of imide groups is 1. The van der Waals surface area contributed by atoms with Crippen molar-refractivity contribution in [3.63, 3.8) is 0 Å². The Bertz CT molecular complexity index is 941. The van der Waals surface area contributed by atoms with Crippen molar-refractivity contribution < 1.29 is 14.3 Å². The predicted octanol–water partition coefficient (Wildman–Crippen LogP) is 2.93. The van der Waals surface area contributed by atoms with Crippen LogP contribution in [0.5, 0.6) is 5.75 Å². The second-order valence-electron chi connectivity index (χ2n) is 7.94. The third-order valence-electron chi connectivity index (χ3n) is 6.23. The minimum Gasteiger partial charge on any atom is -0.494 e. The fraction of sp³-hybridized carbons (Fsp3) is 0.391. The smallest absolute Gasteiger partial charge is 0.253 e. The number of carbonyl (C=O) groups is 2. The van der Waals surface area contributed by atoms with Crippen molar-refractivity contribution in [2.24, 2.45) is 5.92 Å². The zero-order chi connectivity index (χ0) is 20.1. The van der Waals surface area contributed by atoms with Gasteiger partial charge in [-0.3, -0.25) is 9.59 Å². The van der Waals surface area contributed by atoms with Crippen LogP contribution in [0.25, 0.3) is 0 Å². The molecule has 3 fully saturated rings. The summed E-state index contributed by atoms with van der Waals surface area (Å²) in [4.78, 5) is 28.3. The lowest BCUT2D eigenvalue weighted by molar-refractivity contribution is -0.126. The molecular formula is C23H25N3O3. The zero-order valence-corrected chi connectivity index (χ0v) is 16.7. The van der Waals surface area contributed by atoms with Crippen molar-refractivity contribution in [1.82, 2.24) is 10.0 Å². The molecule has 6 nitrogen and oxygen atoms in total. The van der Waals surface area contributed by atoms with E-state index in [1.807, 2.05) is 19.1 Å². The monoisotopic (exact) mass is 391 g/mol. The minimum absolute atomic E-state index is 0.0905. The minimum atomic E-state index is -0.414. The summed E-state index contributed by atoms with van der Waals surface area (Å²) in [7, 11) is 0. The number of hydrogen-bond acceptors (Lipinski definition) is 5. The van der Waals surface area contributed by atoms with Crippen molar-refractivity contribution in [3.8, 4) is 5.75 Å². The van der Waals surface area contributed by atoms with Crippen LogP contribution in [0.3, 0.4) is 0 Å². The average molecular weight is 391 g/mol. The van der Waals surface area contributed by atoms with Gasteiger partial charge in [-0.25, -0.2) is 14.9 Å². The van der Waals surface area contributed by atoms with Crippen LogP contribution < -0.4 is 9.64 Å². The molecule has 3 heterocycles. The maximum Gasteiger partial charge on any atom is 0.253 e. The number of amides is 2. The number of hydrogen-bond donors (Lipinski definition) is 0. The van der Waals surface area contributed by atoms with E-state index in [2.05, 4.69) is 41.2 Å². The quantitative estimate of drug-likeness (QED) is 0.750. The van der Waals surface area contributed by atoms with Crippen molar-refractivity contribution in [2.75, 3.05) is 24.6 Å². The number of fused-ring (bicyclic) bond motifs is 3. The number of benzene rings is 2. The Kier molecular flexibility index (Phi) is 4.41. The summed E-state index contributed by atoms with van der Waals surface area (Å²) in [6.07, 6.45) is 1.01. The van der Waals surface area contributed by atoms with E-state index in [0.29, 0.717) is 12.3 Å². The lowest BCUT2D eigenvalue weighted by Crippen LogP contribution is -2.44. The van der Waals surface area contributed by atoms with Crippen LogP contribution in [0.15, 0.2) is 48.5 Å². The van der Waals surface area contributed by atoms with Crippen LogP contribution in [0.4, 0.5) is 5.69 Å².